The van der Waals surface area contributed by atoms with Gasteiger partial charge < -0.3 is 14.1 Å². The maximum Gasteiger partial charge on any atom is 0.306 e. The van der Waals surface area contributed by atoms with Gasteiger partial charge in [0.25, 0.3) is 5.91 Å². The summed E-state index contributed by atoms with van der Waals surface area (Å²) in [5.41, 5.74) is 1.60. The van der Waals surface area contributed by atoms with Crippen LogP contribution in [0.1, 0.15) is 37.5 Å². The van der Waals surface area contributed by atoms with Crippen molar-refractivity contribution in [2.45, 2.75) is 31.6 Å². The van der Waals surface area contributed by atoms with Crippen LogP contribution < -0.4 is 0 Å². The second-order valence-electron chi connectivity index (χ2n) is 7.81. The molecule has 2 aliphatic heterocycles. The fourth-order valence-corrected chi connectivity index (χ4v) is 5.86. The van der Waals surface area contributed by atoms with Crippen molar-refractivity contribution in [2.24, 2.45) is 5.92 Å². The van der Waals surface area contributed by atoms with Crippen LogP contribution in [0.2, 0.25) is 0 Å². The molecule has 1 amide bonds. The summed E-state index contributed by atoms with van der Waals surface area (Å²) in [5, 5.41) is 0. The number of rotatable bonds is 5. The average molecular weight is 420 g/mol. The maximum absolute atomic E-state index is 12.3. The van der Waals surface area contributed by atoms with E-state index in [9.17, 15) is 18.0 Å². The fraction of sp³-hybridized carbons (Fsp3) is 0.550. The molecular formula is C20H24N2O6S. The number of piperidine rings is 1. The monoisotopic (exact) mass is 420 g/mol. The first-order valence-corrected chi connectivity index (χ1v) is 11.7. The van der Waals surface area contributed by atoms with E-state index < -0.39 is 15.8 Å². The van der Waals surface area contributed by atoms with E-state index in [1.54, 1.807) is 4.90 Å². The molecule has 2 fully saturated rings. The summed E-state index contributed by atoms with van der Waals surface area (Å²) in [6.45, 7) is 0.813. The Morgan fingerprint density at radius 3 is 2.62 bits per heavy atom. The molecular weight excluding hydrogens is 396 g/mol. The number of amides is 1. The third-order valence-electron chi connectivity index (χ3n) is 5.65. The third-order valence-corrected chi connectivity index (χ3v) is 7.48. The van der Waals surface area contributed by atoms with Gasteiger partial charge in [-0.25, -0.2) is 13.4 Å². The largest absolute Gasteiger partial charge is 0.456 e. The third kappa shape index (κ3) is 4.77. The van der Waals surface area contributed by atoms with Crippen molar-refractivity contribution in [3.8, 4) is 0 Å². The zero-order chi connectivity index (χ0) is 20.4. The average Bonchev–Trinajstić information content (AvgIpc) is 3.29. The van der Waals surface area contributed by atoms with Crippen LogP contribution in [-0.4, -0.2) is 61.4 Å². The minimum atomic E-state index is -3.02. The number of aromatic nitrogens is 1. The van der Waals surface area contributed by atoms with Crippen molar-refractivity contribution in [2.75, 3.05) is 31.2 Å². The van der Waals surface area contributed by atoms with Gasteiger partial charge in [-0.3, -0.25) is 9.59 Å². The van der Waals surface area contributed by atoms with E-state index >= 15 is 0 Å². The molecule has 2 aliphatic rings. The van der Waals surface area contributed by atoms with E-state index in [0.717, 1.165) is 23.9 Å². The second-order valence-corrected chi connectivity index (χ2v) is 10.0. The Balaban J connectivity index is 1.22. The number of sulfone groups is 1. The van der Waals surface area contributed by atoms with E-state index in [2.05, 4.69) is 4.98 Å². The van der Waals surface area contributed by atoms with Crippen LogP contribution in [0.3, 0.4) is 0 Å². The van der Waals surface area contributed by atoms with Gasteiger partial charge in [-0.05, 0) is 37.3 Å². The van der Waals surface area contributed by atoms with Gasteiger partial charge in [-0.15, -0.1) is 0 Å². The molecule has 0 unspecified atom stereocenters. The molecule has 9 heteroatoms. The molecule has 1 aromatic heterocycles. The molecule has 3 heterocycles. The number of hydrogen-bond donors (Lipinski definition) is 0. The normalized spacial score (nSPS) is 22.1. The Labute approximate surface area is 169 Å². The molecule has 2 aromatic rings. The van der Waals surface area contributed by atoms with Crippen LogP contribution in [0.5, 0.6) is 0 Å². The van der Waals surface area contributed by atoms with Gasteiger partial charge in [-0.1, -0.05) is 12.1 Å². The summed E-state index contributed by atoms with van der Waals surface area (Å²) in [5.74, 6) is 0.0811. The molecule has 1 aromatic carbocycles. The highest BCUT2D eigenvalue weighted by Gasteiger charge is 2.31. The number of likely N-dealkylation sites (tertiary alicyclic amines) is 1. The summed E-state index contributed by atoms with van der Waals surface area (Å²) >= 11 is 0. The standard InChI is InChI=1S/C20H24N2O6S/c23-18(12-27-19(24)11-14-7-10-29(25,26)13-14)22-8-5-15(6-9-22)20-21-16-3-1-2-4-17(16)28-20/h1-4,14-15H,5-13H2/t14-/m0/s1. The number of carbonyl (C=O) groups is 2. The summed E-state index contributed by atoms with van der Waals surface area (Å²) in [6, 6.07) is 7.63. The van der Waals surface area contributed by atoms with E-state index in [1.165, 1.54) is 0 Å². The maximum atomic E-state index is 12.3. The summed E-state index contributed by atoms with van der Waals surface area (Å²) in [4.78, 5) is 30.5. The van der Waals surface area contributed by atoms with Crippen LogP contribution in [0.25, 0.3) is 11.1 Å². The highest BCUT2D eigenvalue weighted by atomic mass is 32.2. The topological polar surface area (TPSA) is 107 Å². The lowest BCUT2D eigenvalue weighted by Gasteiger charge is -2.30. The van der Waals surface area contributed by atoms with Gasteiger partial charge in [-0.2, -0.15) is 0 Å². The van der Waals surface area contributed by atoms with Gasteiger partial charge in [0.1, 0.15) is 5.52 Å². The van der Waals surface area contributed by atoms with Crippen LogP contribution in [-0.2, 0) is 24.2 Å². The van der Waals surface area contributed by atoms with E-state index in [4.69, 9.17) is 9.15 Å². The highest BCUT2D eigenvalue weighted by Crippen LogP contribution is 2.30. The van der Waals surface area contributed by atoms with Crippen molar-refractivity contribution in [1.82, 2.24) is 9.88 Å². The fourth-order valence-electron chi connectivity index (χ4n) is 4.00. The van der Waals surface area contributed by atoms with Crippen LogP contribution in [0, 0.1) is 5.92 Å². The lowest BCUT2D eigenvalue weighted by Crippen LogP contribution is -2.40. The Morgan fingerprint density at radius 1 is 1.17 bits per heavy atom. The Bertz CT molecular complexity index is 974. The van der Waals surface area contributed by atoms with Gasteiger partial charge in [0.05, 0.1) is 11.5 Å². The lowest BCUT2D eigenvalue weighted by atomic mass is 9.97. The van der Waals surface area contributed by atoms with Crippen LogP contribution in [0.4, 0.5) is 0 Å². The summed E-state index contributed by atoms with van der Waals surface area (Å²) in [7, 11) is -3.02. The second kappa shape index (κ2) is 8.14. The van der Waals surface area contributed by atoms with Gasteiger partial charge in [0.15, 0.2) is 27.9 Å². The Hall–Kier alpha value is -2.42. The van der Waals surface area contributed by atoms with Crippen molar-refractivity contribution >= 4 is 32.8 Å². The number of oxazole rings is 1. The number of esters is 1. The number of para-hydroxylation sites is 2. The molecule has 1 atom stereocenters. The molecule has 0 aliphatic carbocycles. The molecule has 156 valence electrons. The molecule has 2 saturated heterocycles. The number of benzene rings is 1. The first-order chi connectivity index (χ1) is 13.9. The summed E-state index contributed by atoms with van der Waals surface area (Å²) < 4.78 is 33.8. The van der Waals surface area contributed by atoms with Crippen molar-refractivity contribution in [1.29, 1.82) is 0 Å². The number of fused-ring (bicyclic) bond motifs is 1. The van der Waals surface area contributed by atoms with E-state index in [0.29, 0.717) is 25.4 Å². The first kappa shape index (κ1) is 19.9. The van der Waals surface area contributed by atoms with Crippen molar-refractivity contribution in [3.63, 3.8) is 0 Å². The molecule has 0 radical (unpaired) electrons. The predicted octanol–water partition coefficient (Wildman–Crippen LogP) is 1.90. The predicted molar refractivity (Wildman–Crippen MR) is 105 cm³/mol. The molecule has 0 saturated carbocycles. The number of carbonyl (C=O) groups excluding carboxylic acids is 2. The molecule has 4 rings (SSSR count). The molecule has 0 spiro atoms. The number of hydrogen-bond acceptors (Lipinski definition) is 7. The lowest BCUT2D eigenvalue weighted by molar-refractivity contribution is -0.153. The van der Waals surface area contributed by atoms with E-state index in [1.807, 2.05) is 24.3 Å². The Kier molecular flexibility index (Phi) is 5.58. The van der Waals surface area contributed by atoms with Crippen molar-refractivity contribution in [3.05, 3.63) is 30.2 Å². The highest BCUT2D eigenvalue weighted by molar-refractivity contribution is 7.91. The SMILES string of the molecule is O=C(C[C@@H]1CCS(=O)(=O)C1)OCC(=O)N1CCC(c2nc3ccccc3o2)CC1. The zero-order valence-corrected chi connectivity index (χ0v) is 16.9. The van der Waals surface area contributed by atoms with Crippen LogP contribution >= 0.6 is 0 Å². The van der Waals surface area contributed by atoms with E-state index in [-0.39, 0.29) is 42.3 Å². The minimum Gasteiger partial charge on any atom is -0.456 e. The Morgan fingerprint density at radius 2 is 1.93 bits per heavy atom. The van der Waals surface area contributed by atoms with Gasteiger partial charge >= 0.3 is 5.97 Å². The molecule has 29 heavy (non-hydrogen) atoms. The minimum absolute atomic E-state index is 0.0272. The molecule has 0 bridgehead atoms. The smallest absolute Gasteiger partial charge is 0.306 e. The quantitative estimate of drug-likeness (QED) is 0.680. The summed E-state index contributed by atoms with van der Waals surface area (Å²) in [6.07, 6.45) is 2.01. The van der Waals surface area contributed by atoms with Gasteiger partial charge in [0, 0.05) is 25.4 Å². The molecule has 8 nitrogen and oxygen atoms in total. The first-order valence-electron chi connectivity index (χ1n) is 9.89. The number of ether oxygens (including phenoxy) is 1. The van der Waals surface area contributed by atoms with Crippen molar-refractivity contribution < 1.29 is 27.2 Å². The van der Waals surface area contributed by atoms with Gasteiger partial charge in [0.2, 0.25) is 0 Å². The zero-order valence-electron chi connectivity index (χ0n) is 16.1. The van der Waals surface area contributed by atoms with Crippen LogP contribution in [0.15, 0.2) is 28.7 Å². The molecule has 0 N–H and O–H groups in total. The number of nitrogens with zero attached hydrogens (tertiary/aromatic N) is 2.